The number of aryl methyl sites for hydroxylation is 1. The summed E-state index contributed by atoms with van der Waals surface area (Å²) in [6.07, 6.45) is -3.44. The first kappa shape index (κ1) is 17.7. The Bertz CT molecular complexity index is 566. The molecule has 9 heteroatoms. The maximum atomic E-state index is 12.5. The van der Waals surface area contributed by atoms with Gasteiger partial charge in [-0.05, 0) is 19.1 Å². The molecule has 0 atom stereocenters. The summed E-state index contributed by atoms with van der Waals surface area (Å²) in [5, 5.41) is 5.79. The van der Waals surface area contributed by atoms with Crippen LogP contribution < -0.4 is 5.32 Å². The number of rotatable bonds is 6. The molecule has 0 aliphatic rings. The molecular weight excluding hydrogens is 301 g/mol. The van der Waals surface area contributed by atoms with Gasteiger partial charge < -0.3 is 10.2 Å². The fourth-order valence-electron chi connectivity index (χ4n) is 1.70. The van der Waals surface area contributed by atoms with E-state index < -0.39 is 23.7 Å². The molecule has 6 nitrogen and oxygen atoms in total. The molecular formula is C13H17F3N4O2. The average molecular weight is 318 g/mol. The van der Waals surface area contributed by atoms with E-state index in [2.05, 4.69) is 17.0 Å². The van der Waals surface area contributed by atoms with Crippen molar-refractivity contribution in [3.05, 3.63) is 30.1 Å². The molecule has 0 radical (unpaired) electrons. The Labute approximate surface area is 125 Å². The molecule has 0 aliphatic heterocycles. The molecule has 0 unspecified atom stereocenters. The summed E-state index contributed by atoms with van der Waals surface area (Å²) in [5.74, 6) is -0.871. The van der Waals surface area contributed by atoms with Crippen LogP contribution in [-0.4, -0.2) is 39.6 Å². The quantitative estimate of drug-likeness (QED) is 0.799. The van der Waals surface area contributed by atoms with Crippen LogP contribution in [0.25, 0.3) is 0 Å². The van der Waals surface area contributed by atoms with E-state index in [1.54, 1.807) is 6.92 Å². The molecule has 0 saturated carbocycles. The van der Waals surface area contributed by atoms with Crippen LogP contribution in [0.1, 0.15) is 18.3 Å². The van der Waals surface area contributed by atoms with Crippen LogP contribution in [0.2, 0.25) is 0 Å². The zero-order chi connectivity index (χ0) is 16.9. The highest BCUT2D eigenvalue weighted by Gasteiger charge is 2.34. The van der Waals surface area contributed by atoms with Gasteiger partial charge in [0.15, 0.2) is 5.69 Å². The van der Waals surface area contributed by atoms with Crippen LogP contribution in [0.3, 0.4) is 0 Å². The molecule has 0 spiro atoms. The zero-order valence-electron chi connectivity index (χ0n) is 12.3. The Morgan fingerprint density at radius 1 is 1.50 bits per heavy atom. The van der Waals surface area contributed by atoms with Gasteiger partial charge in [0.25, 0.3) is 0 Å². The lowest BCUT2D eigenvalue weighted by molar-refractivity contribution is -0.141. The van der Waals surface area contributed by atoms with Gasteiger partial charge in [0.2, 0.25) is 11.8 Å². The summed E-state index contributed by atoms with van der Waals surface area (Å²) in [6, 6.07) is 0.868. The van der Waals surface area contributed by atoms with Gasteiger partial charge in [-0.1, -0.05) is 6.58 Å². The van der Waals surface area contributed by atoms with Gasteiger partial charge in [-0.15, -0.1) is 0 Å². The number of likely N-dealkylation sites (N-methyl/N-ethyl adjacent to an activating group) is 1. The van der Waals surface area contributed by atoms with Gasteiger partial charge in [0.1, 0.15) is 0 Å². The Hall–Kier alpha value is -2.32. The number of halogens is 3. The highest BCUT2D eigenvalue weighted by molar-refractivity contribution is 5.90. The highest BCUT2D eigenvalue weighted by Crippen LogP contribution is 2.28. The van der Waals surface area contributed by atoms with Crippen molar-refractivity contribution < 1.29 is 22.8 Å². The van der Waals surface area contributed by atoms with Crippen molar-refractivity contribution in [2.45, 2.75) is 19.6 Å². The van der Waals surface area contributed by atoms with Crippen LogP contribution in [0.4, 0.5) is 13.2 Å². The summed E-state index contributed by atoms with van der Waals surface area (Å²) in [6.45, 7) is 5.05. The molecule has 0 aliphatic carbocycles. The number of carbonyl (C=O) groups is 2. The minimum Gasteiger partial charge on any atom is -0.349 e. The lowest BCUT2D eigenvalue weighted by Gasteiger charge is -2.18. The topological polar surface area (TPSA) is 67.2 Å². The second-order valence-corrected chi connectivity index (χ2v) is 4.48. The molecule has 1 N–H and O–H groups in total. The van der Waals surface area contributed by atoms with E-state index in [9.17, 15) is 22.8 Å². The molecule has 0 saturated heterocycles. The number of nitrogens with zero attached hydrogens (tertiary/aromatic N) is 3. The summed E-state index contributed by atoms with van der Waals surface area (Å²) >= 11 is 0. The summed E-state index contributed by atoms with van der Waals surface area (Å²) in [4.78, 5) is 24.4. The summed E-state index contributed by atoms with van der Waals surface area (Å²) < 4.78 is 38.6. The van der Waals surface area contributed by atoms with Gasteiger partial charge in [-0.3, -0.25) is 14.3 Å². The number of carbonyl (C=O) groups excluding carboxylic acids is 2. The second-order valence-electron chi connectivity index (χ2n) is 4.48. The zero-order valence-corrected chi connectivity index (χ0v) is 12.3. The van der Waals surface area contributed by atoms with Crippen LogP contribution in [0.5, 0.6) is 0 Å². The summed E-state index contributed by atoms with van der Waals surface area (Å²) in [7, 11) is 1.36. The monoisotopic (exact) mass is 318 g/mol. The van der Waals surface area contributed by atoms with E-state index in [4.69, 9.17) is 0 Å². The number of amides is 2. The van der Waals surface area contributed by atoms with E-state index in [-0.39, 0.29) is 18.8 Å². The van der Waals surface area contributed by atoms with E-state index >= 15 is 0 Å². The maximum absolute atomic E-state index is 12.5. The van der Waals surface area contributed by atoms with Crippen molar-refractivity contribution in [1.29, 1.82) is 0 Å². The van der Waals surface area contributed by atoms with Crippen molar-refractivity contribution in [2.75, 3.05) is 13.1 Å². The first-order chi connectivity index (χ1) is 10.2. The third kappa shape index (κ3) is 4.61. The van der Waals surface area contributed by atoms with Crippen molar-refractivity contribution in [1.82, 2.24) is 20.0 Å². The lowest BCUT2D eigenvalue weighted by Crippen LogP contribution is -2.39. The molecule has 1 rings (SSSR count). The third-order valence-electron chi connectivity index (χ3n) is 2.94. The smallest absolute Gasteiger partial charge is 0.349 e. The standard InChI is InChI=1S/C13H17F3N4O2/c1-4-12(22)20(5-2)8-11(21)17-7-9-6-10(13(14,15)16)18-19(9)3/h4,6H,1,5,7-8H2,2-3H3,(H,17,21). The number of hydrogen-bond donors (Lipinski definition) is 1. The third-order valence-corrected chi connectivity index (χ3v) is 2.94. The predicted molar refractivity (Wildman–Crippen MR) is 72.5 cm³/mol. The fourth-order valence-corrected chi connectivity index (χ4v) is 1.70. The van der Waals surface area contributed by atoms with Gasteiger partial charge in [0, 0.05) is 13.6 Å². The largest absolute Gasteiger partial charge is 0.435 e. The minimum absolute atomic E-state index is 0.113. The van der Waals surface area contributed by atoms with Crippen LogP contribution >= 0.6 is 0 Å². The van der Waals surface area contributed by atoms with Crippen molar-refractivity contribution in [3.63, 3.8) is 0 Å². The Kier molecular flexibility index (Phi) is 5.72. The molecule has 2 amide bonds. The lowest BCUT2D eigenvalue weighted by atomic mass is 10.3. The van der Waals surface area contributed by atoms with Crippen molar-refractivity contribution >= 4 is 11.8 Å². The first-order valence-corrected chi connectivity index (χ1v) is 6.47. The second kappa shape index (κ2) is 7.10. The number of nitrogens with one attached hydrogen (secondary N) is 1. The highest BCUT2D eigenvalue weighted by atomic mass is 19.4. The molecule has 122 valence electrons. The summed E-state index contributed by atoms with van der Waals surface area (Å²) in [5.41, 5.74) is -0.810. The van der Waals surface area contributed by atoms with Crippen LogP contribution in [0.15, 0.2) is 18.7 Å². The predicted octanol–water partition coefficient (Wildman–Crippen LogP) is 1.09. The van der Waals surface area contributed by atoms with Crippen molar-refractivity contribution in [3.8, 4) is 0 Å². The molecule has 0 fully saturated rings. The minimum atomic E-state index is -4.53. The van der Waals surface area contributed by atoms with Gasteiger partial charge >= 0.3 is 6.18 Å². The molecule has 1 heterocycles. The van der Waals surface area contributed by atoms with E-state index in [0.29, 0.717) is 6.54 Å². The van der Waals surface area contributed by atoms with Gasteiger partial charge in [-0.2, -0.15) is 18.3 Å². The van der Waals surface area contributed by atoms with Gasteiger partial charge in [0.05, 0.1) is 18.8 Å². The first-order valence-electron chi connectivity index (χ1n) is 6.47. The number of hydrogen-bond acceptors (Lipinski definition) is 3. The van der Waals surface area contributed by atoms with E-state index in [0.717, 1.165) is 16.8 Å². The van der Waals surface area contributed by atoms with E-state index in [1.807, 2.05) is 0 Å². The number of alkyl halides is 3. The van der Waals surface area contributed by atoms with E-state index in [1.165, 1.54) is 11.9 Å². The molecule has 22 heavy (non-hydrogen) atoms. The molecule has 1 aromatic heterocycles. The molecule has 0 bridgehead atoms. The number of aromatic nitrogens is 2. The van der Waals surface area contributed by atoms with Gasteiger partial charge in [-0.25, -0.2) is 0 Å². The fraction of sp³-hybridized carbons (Fsp3) is 0.462. The van der Waals surface area contributed by atoms with Crippen molar-refractivity contribution in [2.24, 2.45) is 7.05 Å². The SMILES string of the molecule is C=CC(=O)N(CC)CC(=O)NCc1cc(C(F)(F)F)nn1C. The van der Waals surface area contributed by atoms with Crippen LogP contribution in [0, 0.1) is 0 Å². The Morgan fingerprint density at radius 2 is 2.14 bits per heavy atom. The normalized spacial score (nSPS) is 11.1. The Morgan fingerprint density at radius 3 is 2.59 bits per heavy atom. The average Bonchev–Trinajstić information content (AvgIpc) is 2.83. The molecule has 0 aromatic carbocycles. The van der Waals surface area contributed by atoms with Crippen LogP contribution in [-0.2, 0) is 29.4 Å². The Balaban J connectivity index is 2.63. The maximum Gasteiger partial charge on any atom is 0.435 e. The molecule has 1 aromatic rings.